The maximum Gasteiger partial charge on any atom is 0.446 e. The van der Waals surface area contributed by atoms with Gasteiger partial charge in [-0.15, -0.1) is 11.8 Å². The Labute approximate surface area is 188 Å². The minimum absolute atomic E-state index is 0.0686. The fourth-order valence-corrected chi connectivity index (χ4v) is 3.61. The standard InChI is InChI=1S/C18H19BrFN5O5S/c1-18(2,3)28-16(26)21-7-4-8-31-15-13(22-30-24-15)14-23-29-17(27)25(14)10-5-6-12(20)11(19)9-10/h5-6,9H,4,7-8H2,1-3H3,(H,21,26). The van der Waals surface area contributed by atoms with E-state index in [1.54, 1.807) is 20.8 Å². The Morgan fingerprint density at radius 1 is 1.32 bits per heavy atom. The number of benzene rings is 1. The van der Waals surface area contributed by atoms with Crippen molar-refractivity contribution < 1.29 is 23.1 Å². The molecule has 3 rings (SSSR count). The summed E-state index contributed by atoms with van der Waals surface area (Å²) in [6.45, 7) is 5.77. The topological polar surface area (TPSA) is 125 Å². The van der Waals surface area contributed by atoms with Gasteiger partial charge < -0.3 is 10.1 Å². The third-order valence-corrected chi connectivity index (χ3v) is 5.31. The van der Waals surface area contributed by atoms with Gasteiger partial charge in [-0.3, -0.25) is 4.52 Å². The van der Waals surface area contributed by atoms with Gasteiger partial charge in [-0.05, 0) is 71.6 Å². The largest absolute Gasteiger partial charge is 0.446 e. The molecule has 1 aromatic carbocycles. The number of rotatable bonds is 7. The lowest BCUT2D eigenvalue weighted by Gasteiger charge is -2.19. The molecule has 0 bridgehead atoms. The summed E-state index contributed by atoms with van der Waals surface area (Å²) in [7, 11) is 0. The first-order valence-electron chi connectivity index (χ1n) is 9.12. The van der Waals surface area contributed by atoms with Gasteiger partial charge in [-0.1, -0.05) is 5.16 Å². The van der Waals surface area contributed by atoms with Crippen LogP contribution in [0.4, 0.5) is 9.18 Å². The van der Waals surface area contributed by atoms with Crippen molar-refractivity contribution in [3.63, 3.8) is 0 Å². The number of halogens is 2. The molecule has 0 aliphatic carbocycles. The summed E-state index contributed by atoms with van der Waals surface area (Å²) >= 11 is 4.39. The summed E-state index contributed by atoms with van der Waals surface area (Å²) in [6, 6.07) is 4.03. The first kappa shape index (κ1) is 23.0. The molecule has 31 heavy (non-hydrogen) atoms. The number of hydrogen-bond acceptors (Lipinski definition) is 9. The van der Waals surface area contributed by atoms with E-state index in [1.807, 2.05) is 0 Å². The number of hydrogen-bond donors (Lipinski definition) is 1. The quantitative estimate of drug-likeness (QED) is 0.369. The molecule has 0 unspecified atom stereocenters. The Hall–Kier alpha value is -2.67. The number of amides is 1. The van der Waals surface area contributed by atoms with Crippen LogP contribution in [0.2, 0.25) is 0 Å². The van der Waals surface area contributed by atoms with Crippen LogP contribution < -0.4 is 11.1 Å². The molecular formula is C18H19BrFN5O5S. The molecule has 0 radical (unpaired) electrons. The lowest BCUT2D eigenvalue weighted by molar-refractivity contribution is 0.0528. The zero-order valence-electron chi connectivity index (χ0n) is 16.8. The zero-order chi connectivity index (χ0) is 22.6. The Morgan fingerprint density at radius 3 is 2.81 bits per heavy atom. The average Bonchev–Trinajstić information content (AvgIpc) is 3.28. The van der Waals surface area contributed by atoms with E-state index in [4.69, 9.17) is 13.9 Å². The van der Waals surface area contributed by atoms with Crippen LogP contribution in [0.3, 0.4) is 0 Å². The van der Waals surface area contributed by atoms with Crippen molar-refractivity contribution in [2.24, 2.45) is 0 Å². The summed E-state index contributed by atoms with van der Waals surface area (Å²) < 4.78 is 29.6. The van der Waals surface area contributed by atoms with E-state index in [-0.39, 0.29) is 16.0 Å². The number of carbonyl (C=O) groups is 1. The lowest BCUT2D eigenvalue weighted by atomic mass is 10.2. The second-order valence-electron chi connectivity index (χ2n) is 7.25. The lowest BCUT2D eigenvalue weighted by Crippen LogP contribution is -2.33. The Bertz CT molecular complexity index is 1120. The average molecular weight is 516 g/mol. The van der Waals surface area contributed by atoms with E-state index in [9.17, 15) is 14.0 Å². The molecule has 0 fully saturated rings. The first-order chi connectivity index (χ1) is 14.7. The van der Waals surface area contributed by atoms with Crippen molar-refractivity contribution in [2.45, 2.75) is 37.8 Å². The van der Waals surface area contributed by atoms with Crippen LogP contribution in [0.25, 0.3) is 17.2 Å². The van der Waals surface area contributed by atoms with E-state index >= 15 is 0 Å². The number of nitrogens with one attached hydrogen (secondary N) is 1. The maximum atomic E-state index is 13.6. The van der Waals surface area contributed by atoms with E-state index in [1.165, 1.54) is 30.0 Å². The summed E-state index contributed by atoms with van der Waals surface area (Å²) in [5, 5.41) is 14.5. The highest BCUT2D eigenvalue weighted by Gasteiger charge is 2.23. The van der Waals surface area contributed by atoms with Gasteiger partial charge >= 0.3 is 11.8 Å². The van der Waals surface area contributed by atoms with Crippen LogP contribution in [-0.4, -0.2) is 44.0 Å². The molecule has 0 saturated carbocycles. The van der Waals surface area contributed by atoms with E-state index in [0.29, 0.717) is 29.4 Å². The molecule has 0 aliphatic rings. The van der Waals surface area contributed by atoms with Gasteiger partial charge in [0, 0.05) is 12.3 Å². The van der Waals surface area contributed by atoms with Gasteiger partial charge in [0.15, 0.2) is 10.7 Å². The van der Waals surface area contributed by atoms with Crippen molar-refractivity contribution in [3.05, 3.63) is 39.0 Å². The molecule has 1 N–H and O–H groups in total. The Balaban J connectivity index is 1.67. The van der Waals surface area contributed by atoms with Crippen LogP contribution in [0.15, 0.2) is 41.6 Å². The summed E-state index contributed by atoms with van der Waals surface area (Å²) in [5.41, 5.74) is -0.0282. The number of alkyl carbamates (subject to hydrolysis) is 1. The van der Waals surface area contributed by atoms with Crippen molar-refractivity contribution in [1.82, 2.24) is 25.4 Å². The molecule has 10 nitrogen and oxygen atoms in total. The van der Waals surface area contributed by atoms with Crippen LogP contribution in [0, 0.1) is 5.82 Å². The predicted molar refractivity (Wildman–Crippen MR) is 113 cm³/mol. The third-order valence-electron chi connectivity index (χ3n) is 3.66. The molecule has 1 amide bonds. The first-order valence-corrected chi connectivity index (χ1v) is 10.9. The van der Waals surface area contributed by atoms with Gasteiger partial charge in [0.1, 0.15) is 11.4 Å². The third kappa shape index (κ3) is 5.94. The SMILES string of the molecule is CC(C)(C)OC(=O)NCCCSc1nonc1-c1noc(=O)n1-c1ccc(F)c(Br)c1. The molecule has 0 spiro atoms. The molecule has 0 aliphatic heterocycles. The molecule has 0 saturated heterocycles. The van der Waals surface area contributed by atoms with Gasteiger partial charge in [-0.2, -0.15) is 0 Å². The van der Waals surface area contributed by atoms with Crippen molar-refractivity contribution in [2.75, 3.05) is 12.3 Å². The minimum atomic E-state index is -0.769. The second kappa shape index (κ2) is 9.64. The number of thioether (sulfide) groups is 1. The van der Waals surface area contributed by atoms with Crippen molar-refractivity contribution >= 4 is 33.8 Å². The summed E-state index contributed by atoms with van der Waals surface area (Å²) in [5.74, 6) is -0.608. The van der Waals surface area contributed by atoms with E-state index in [2.05, 4.69) is 36.7 Å². The van der Waals surface area contributed by atoms with Gasteiger partial charge in [0.2, 0.25) is 5.82 Å². The fourth-order valence-electron chi connectivity index (χ4n) is 2.41. The molecule has 13 heteroatoms. The normalized spacial score (nSPS) is 11.5. The Kier molecular flexibility index (Phi) is 7.15. The van der Waals surface area contributed by atoms with Crippen molar-refractivity contribution in [3.8, 4) is 17.2 Å². The highest BCUT2D eigenvalue weighted by Crippen LogP contribution is 2.29. The minimum Gasteiger partial charge on any atom is -0.444 e. The maximum absolute atomic E-state index is 13.6. The fraction of sp³-hybridized carbons (Fsp3) is 0.389. The number of carbonyl (C=O) groups excluding carboxylic acids is 1. The Morgan fingerprint density at radius 2 is 2.10 bits per heavy atom. The van der Waals surface area contributed by atoms with E-state index < -0.39 is 23.3 Å². The smallest absolute Gasteiger partial charge is 0.444 e. The molecule has 2 aromatic heterocycles. The van der Waals surface area contributed by atoms with Gasteiger partial charge in [-0.25, -0.2) is 23.2 Å². The molecule has 0 atom stereocenters. The molecular weight excluding hydrogens is 497 g/mol. The highest BCUT2D eigenvalue weighted by atomic mass is 79.9. The summed E-state index contributed by atoms with van der Waals surface area (Å²) in [4.78, 5) is 23.8. The second-order valence-corrected chi connectivity index (χ2v) is 9.19. The highest BCUT2D eigenvalue weighted by molar-refractivity contribution is 9.10. The van der Waals surface area contributed by atoms with Crippen LogP contribution in [0.1, 0.15) is 27.2 Å². The number of ether oxygens (including phenoxy) is 1. The van der Waals surface area contributed by atoms with E-state index in [0.717, 1.165) is 4.57 Å². The molecule has 166 valence electrons. The van der Waals surface area contributed by atoms with Crippen molar-refractivity contribution in [1.29, 1.82) is 0 Å². The molecule has 2 heterocycles. The monoisotopic (exact) mass is 515 g/mol. The van der Waals surface area contributed by atoms with Crippen LogP contribution in [-0.2, 0) is 4.74 Å². The zero-order valence-corrected chi connectivity index (χ0v) is 19.3. The number of nitrogens with zero attached hydrogens (tertiary/aromatic N) is 4. The van der Waals surface area contributed by atoms with Gasteiger partial charge in [0.05, 0.1) is 10.2 Å². The summed E-state index contributed by atoms with van der Waals surface area (Å²) in [6.07, 6.45) is 0.130. The molecule has 3 aromatic rings. The van der Waals surface area contributed by atoms with Crippen LogP contribution >= 0.6 is 27.7 Å². The van der Waals surface area contributed by atoms with Crippen LogP contribution in [0.5, 0.6) is 0 Å². The number of aromatic nitrogens is 4. The van der Waals surface area contributed by atoms with Gasteiger partial charge in [0.25, 0.3) is 0 Å². The predicted octanol–water partition coefficient (Wildman–Crippen LogP) is 3.78.